The van der Waals surface area contributed by atoms with E-state index >= 15 is 0 Å². The lowest BCUT2D eigenvalue weighted by Gasteiger charge is -1.99. The van der Waals surface area contributed by atoms with Crippen molar-refractivity contribution in [2.75, 3.05) is 6.26 Å². The second kappa shape index (κ2) is 4.68. The number of hydrogen-bond donors (Lipinski definition) is 2. The van der Waals surface area contributed by atoms with E-state index in [0.717, 1.165) is 16.7 Å². The van der Waals surface area contributed by atoms with Crippen LogP contribution in [0.3, 0.4) is 0 Å². The number of nitrogens with one attached hydrogen (secondary N) is 2. The summed E-state index contributed by atoms with van der Waals surface area (Å²) in [6.45, 7) is 0. The number of H-pyrrole nitrogens is 1. The molecule has 0 radical (unpaired) electrons. The van der Waals surface area contributed by atoms with Gasteiger partial charge in [-0.1, -0.05) is 11.8 Å². The Labute approximate surface area is 96.6 Å². The molecule has 2 aromatic rings. The van der Waals surface area contributed by atoms with E-state index in [1.807, 2.05) is 30.6 Å². The summed E-state index contributed by atoms with van der Waals surface area (Å²) in [5.41, 5.74) is 2.61. The highest BCUT2D eigenvalue weighted by Gasteiger charge is 1.99. The van der Waals surface area contributed by atoms with Crippen molar-refractivity contribution < 1.29 is 0 Å². The van der Waals surface area contributed by atoms with Crippen LogP contribution in [0.5, 0.6) is 0 Å². The fourth-order valence-electron chi connectivity index (χ4n) is 1.28. The quantitative estimate of drug-likeness (QED) is 0.340. The number of amidine groups is 1. The highest BCUT2D eigenvalue weighted by atomic mass is 32.2. The van der Waals surface area contributed by atoms with Gasteiger partial charge in [-0.2, -0.15) is 5.26 Å². The Morgan fingerprint density at radius 3 is 3.25 bits per heavy atom. The van der Waals surface area contributed by atoms with Gasteiger partial charge in [-0.25, -0.2) is 9.98 Å². The average Bonchev–Trinajstić information content (AvgIpc) is 2.75. The summed E-state index contributed by atoms with van der Waals surface area (Å²) < 4.78 is 0. The van der Waals surface area contributed by atoms with Gasteiger partial charge < -0.3 is 4.98 Å². The summed E-state index contributed by atoms with van der Waals surface area (Å²) in [6.07, 6.45) is 5.35. The lowest BCUT2D eigenvalue weighted by Crippen LogP contribution is -2.12. The van der Waals surface area contributed by atoms with Crippen molar-refractivity contribution in [1.82, 2.24) is 15.3 Å². The third kappa shape index (κ3) is 2.15. The molecule has 5 nitrogen and oxygen atoms in total. The summed E-state index contributed by atoms with van der Waals surface area (Å²) in [6, 6.07) is 5.63. The Bertz CT molecular complexity index is 566. The van der Waals surface area contributed by atoms with Gasteiger partial charge in [0.2, 0.25) is 0 Å². The van der Waals surface area contributed by atoms with Crippen LogP contribution in [-0.4, -0.2) is 21.4 Å². The van der Waals surface area contributed by atoms with Crippen LogP contribution in [0.2, 0.25) is 0 Å². The third-order valence-corrected chi connectivity index (χ3v) is 2.57. The Morgan fingerprint density at radius 2 is 2.50 bits per heavy atom. The third-order valence-electron chi connectivity index (χ3n) is 1.99. The fraction of sp³-hybridized carbons (Fsp3) is 0.100. The number of fused-ring (bicyclic) bond motifs is 1. The minimum absolute atomic E-state index is 0.571. The number of aliphatic imine (C=N–C) groups is 1. The van der Waals surface area contributed by atoms with Gasteiger partial charge in [-0.15, -0.1) is 0 Å². The Kier molecular flexibility index (Phi) is 3.08. The van der Waals surface area contributed by atoms with E-state index in [0.29, 0.717) is 5.17 Å². The predicted molar refractivity (Wildman–Crippen MR) is 65.5 cm³/mol. The SMILES string of the molecule is CSC(=Nc1ccc2nc[nH]c2c1)NC#N. The van der Waals surface area contributed by atoms with Gasteiger partial charge in [-0.3, -0.25) is 5.32 Å². The Morgan fingerprint density at radius 1 is 1.62 bits per heavy atom. The lowest BCUT2D eigenvalue weighted by atomic mass is 10.3. The van der Waals surface area contributed by atoms with Crippen LogP contribution >= 0.6 is 11.8 Å². The molecule has 0 atom stereocenters. The molecule has 0 saturated carbocycles. The molecule has 0 aliphatic rings. The number of hydrogen-bond acceptors (Lipinski definition) is 4. The predicted octanol–water partition coefficient (Wildman–Crippen LogP) is 1.98. The zero-order valence-electron chi connectivity index (χ0n) is 8.56. The van der Waals surface area contributed by atoms with Crippen LogP contribution < -0.4 is 5.32 Å². The average molecular weight is 231 g/mol. The minimum atomic E-state index is 0.571. The minimum Gasteiger partial charge on any atom is -0.345 e. The molecule has 0 spiro atoms. The van der Waals surface area contributed by atoms with Crippen molar-refractivity contribution in [2.45, 2.75) is 0 Å². The second-order valence-electron chi connectivity index (χ2n) is 2.96. The van der Waals surface area contributed by atoms with Gasteiger partial charge >= 0.3 is 0 Å². The van der Waals surface area contributed by atoms with Crippen LogP contribution in [0.25, 0.3) is 11.0 Å². The molecule has 1 aromatic heterocycles. The highest BCUT2D eigenvalue weighted by molar-refractivity contribution is 8.13. The molecule has 16 heavy (non-hydrogen) atoms. The maximum Gasteiger partial charge on any atom is 0.183 e. The van der Waals surface area contributed by atoms with Gasteiger partial charge in [0.05, 0.1) is 23.0 Å². The first-order valence-electron chi connectivity index (χ1n) is 4.54. The first-order chi connectivity index (χ1) is 7.83. The molecule has 6 heteroatoms. The number of nitriles is 1. The van der Waals surface area contributed by atoms with E-state index in [1.54, 1.807) is 6.33 Å². The van der Waals surface area contributed by atoms with Crippen LogP contribution in [0.4, 0.5) is 5.69 Å². The van der Waals surface area contributed by atoms with Crippen LogP contribution in [0, 0.1) is 11.5 Å². The molecule has 0 unspecified atom stereocenters. The van der Waals surface area contributed by atoms with E-state index in [-0.39, 0.29) is 0 Å². The molecule has 1 aromatic carbocycles. The number of nitrogens with zero attached hydrogens (tertiary/aromatic N) is 3. The van der Waals surface area contributed by atoms with Crippen molar-refractivity contribution in [3.8, 4) is 6.19 Å². The maximum atomic E-state index is 8.51. The van der Waals surface area contributed by atoms with Crippen LogP contribution in [-0.2, 0) is 0 Å². The summed E-state index contributed by atoms with van der Waals surface area (Å²) in [4.78, 5) is 11.4. The monoisotopic (exact) mass is 231 g/mol. The van der Waals surface area contributed by atoms with Crippen molar-refractivity contribution in [1.29, 1.82) is 5.26 Å². The van der Waals surface area contributed by atoms with Crippen molar-refractivity contribution >= 4 is 33.7 Å². The van der Waals surface area contributed by atoms with Crippen molar-refractivity contribution in [2.24, 2.45) is 4.99 Å². The smallest absolute Gasteiger partial charge is 0.183 e. The second-order valence-corrected chi connectivity index (χ2v) is 3.76. The highest BCUT2D eigenvalue weighted by Crippen LogP contribution is 2.19. The summed E-state index contributed by atoms with van der Waals surface area (Å²) >= 11 is 1.39. The van der Waals surface area contributed by atoms with Gasteiger partial charge in [0.15, 0.2) is 11.4 Å². The number of thioether (sulfide) groups is 1. The van der Waals surface area contributed by atoms with E-state index in [9.17, 15) is 0 Å². The van der Waals surface area contributed by atoms with E-state index in [1.165, 1.54) is 11.8 Å². The van der Waals surface area contributed by atoms with Gasteiger partial charge in [0.25, 0.3) is 0 Å². The first kappa shape index (κ1) is 10.5. The molecule has 0 amide bonds. The molecule has 0 bridgehead atoms. The van der Waals surface area contributed by atoms with E-state index in [4.69, 9.17) is 5.26 Å². The molecule has 0 aliphatic carbocycles. The molecule has 0 aliphatic heterocycles. The Balaban J connectivity index is 2.36. The molecular weight excluding hydrogens is 222 g/mol. The molecule has 2 N–H and O–H groups in total. The zero-order valence-corrected chi connectivity index (χ0v) is 9.38. The van der Waals surface area contributed by atoms with Gasteiger partial charge in [0, 0.05) is 0 Å². The zero-order chi connectivity index (χ0) is 11.4. The largest absolute Gasteiger partial charge is 0.345 e. The van der Waals surface area contributed by atoms with E-state index in [2.05, 4.69) is 20.3 Å². The number of rotatable bonds is 1. The number of aromatic amines is 1. The molecule has 0 fully saturated rings. The van der Waals surface area contributed by atoms with Crippen molar-refractivity contribution in [3.63, 3.8) is 0 Å². The normalized spacial score (nSPS) is 11.4. The van der Waals surface area contributed by atoms with E-state index < -0.39 is 0 Å². The number of benzene rings is 1. The molecule has 1 heterocycles. The van der Waals surface area contributed by atoms with Crippen molar-refractivity contribution in [3.05, 3.63) is 24.5 Å². The van der Waals surface area contributed by atoms with Gasteiger partial charge in [-0.05, 0) is 24.5 Å². The standard InChI is InChI=1S/C10H9N5S/c1-16-10(12-5-11)15-7-2-3-8-9(4-7)14-6-13-8/h2-4,6H,1H3,(H,12,15)(H,13,14). The summed E-state index contributed by atoms with van der Waals surface area (Å²) in [5, 5.41) is 11.6. The molecule has 2 rings (SSSR count). The van der Waals surface area contributed by atoms with Gasteiger partial charge in [0.1, 0.15) is 0 Å². The number of imidazole rings is 1. The lowest BCUT2D eigenvalue weighted by molar-refractivity contribution is 1.28. The molecule has 80 valence electrons. The topological polar surface area (TPSA) is 76.9 Å². The molecular formula is C10H9N5S. The van der Waals surface area contributed by atoms with Crippen LogP contribution in [0.15, 0.2) is 29.5 Å². The fourth-order valence-corrected chi connectivity index (χ4v) is 1.63. The maximum absolute atomic E-state index is 8.51. The number of aromatic nitrogens is 2. The summed E-state index contributed by atoms with van der Waals surface area (Å²) in [7, 11) is 0. The van der Waals surface area contributed by atoms with Crippen LogP contribution in [0.1, 0.15) is 0 Å². The molecule has 0 saturated heterocycles. The Hall–Kier alpha value is -2.00. The first-order valence-corrected chi connectivity index (χ1v) is 5.77. The summed E-state index contributed by atoms with van der Waals surface area (Å²) in [5.74, 6) is 0.